The average molecular weight is 219 g/mol. The molecule has 1 heterocycles. The highest BCUT2D eigenvalue weighted by Gasteiger charge is 2.14. The molecule has 0 bridgehead atoms. The first-order valence-electron chi connectivity index (χ1n) is 5.06. The zero-order valence-electron chi connectivity index (χ0n) is 8.71. The monoisotopic (exact) mass is 219 g/mol. The van der Waals surface area contributed by atoms with E-state index in [1.165, 1.54) is 0 Å². The highest BCUT2D eigenvalue weighted by Crippen LogP contribution is 2.16. The molecule has 0 radical (unpaired) electrons. The minimum absolute atomic E-state index is 0.00944. The van der Waals surface area contributed by atoms with Gasteiger partial charge >= 0.3 is 5.97 Å². The number of carboxylic acid groups (broad SMARTS) is 1. The summed E-state index contributed by atoms with van der Waals surface area (Å²) in [4.78, 5) is 10.7. The second-order valence-corrected chi connectivity index (χ2v) is 3.66. The molecule has 5 heteroatoms. The molecule has 0 saturated heterocycles. The lowest BCUT2D eigenvalue weighted by Crippen LogP contribution is -2.22. The zero-order valence-corrected chi connectivity index (χ0v) is 8.71. The second-order valence-electron chi connectivity index (χ2n) is 3.66. The molecule has 0 aliphatic rings. The van der Waals surface area contributed by atoms with Crippen molar-refractivity contribution >= 4 is 16.9 Å². The van der Waals surface area contributed by atoms with E-state index in [4.69, 9.17) is 10.8 Å². The molecule has 2 rings (SSSR count). The highest BCUT2D eigenvalue weighted by atomic mass is 16.4. The third-order valence-corrected chi connectivity index (χ3v) is 2.49. The molecular formula is C11H13N3O2. The van der Waals surface area contributed by atoms with Gasteiger partial charge in [0.2, 0.25) is 0 Å². The first kappa shape index (κ1) is 10.6. The van der Waals surface area contributed by atoms with Crippen molar-refractivity contribution in [1.29, 1.82) is 0 Å². The molecule has 3 N–H and O–H groups in total. The van der Waals surface area contributed by atoms with E-state index < -0.39 is 5.97 Å². The van der Waals surface area contributed by atoms with Crippen LogP contribution in [0.25, 0.3) is 10.9 Å². The van der Waals surface area contributed by atoms with Gasteiger partial charge in [-0.15, -0.1) is 0 Å². The van der Waals surface area contributed by atoms with Crippen LogP contribution in [0.3, 0.4) is 0 Å². The molecule has 0 amide bonds. The van der Waals surface area contributed by atoms with Crippen LogP contribution < -0.4 is 5.73 Å². The number of aromatic nitrogens is 2. The molecule has 0 saturated carbocycles. The molecule has 84 valence electrons. The van der Waals surface area contributed by atoms with E-state index in [9.17, 15) is 4.79 Å². The van der Waals surface area contributed by atoms with Crippen molar-refractivity contribution in [2.45, 2.75) is 12.5 Å². The Morgan fingerprint density at radius 3 is 2.88 bits per heavy atom. The fourth-order valence-corrected chi connectivity index (χ4v) is 1.66. The quantitative estimate of drug-likeness (QED) is 0.804. The maximum atomic E-state index is 10.7. The van der Waals surface area contributed by atoms with Gasteiger partial charge in [0.15, 0.2) is 0 Å². The van der Waals surface area contributed by atoms with E-state index in [0.29, 0.717) is 0 Å². The smallest absolute Gasteiger partial charge is 0.305 e. The number of rotatable bonds is 4. The van der Waals surface area contributed by atoms with Gasteiger partial charge in [-0.25, -0.2) is 0 Å². The zero-order chi connectivity index (χ0) is 11.5. The number of hydrogen-bond donors (Lipinski definition) is 2. The Morgan fingerprint density at radius 2 is 2.25 bits per heavy atom. The molecule has 0 fully saturated rings. The van der Waals surface area contributed by atoms with Gasteiger partial charge in [0.05, 0.1) is 18.0 Å². The Morgan fingerprint density at radius 1 is 1.50 bits per heavy atom. The van der Waals surface area contributed by atoms with Crippen molar-refractivity contribution in [3.63, 3.8) is 0 Å². The van der Waals surface area contributed by atoms with E-state index in [2.05, 4.69) is 5.10 Å². The van der Waals surface area contributed by atoms with Gasteiger partial charge in [0, 0.05) is 18.1 Å². The van der Waals surface area contributed by atoms with Gasteiger partial charge in [0.25, 0.3) is 0 Å². The molecule has 0 aliphatic carbocycles. The Hall–Kier alpha value is -1.88. The predicted octanol–water partition coefficient (Wildman–Crippen LogP) is 1.01. The Bertz CT molecular complexity index is 474. The van der Waals surface area contributed by atoms with Crippen LogP contribution in [0.4, 0.5) is 0 Å². The predicted molar refractivity (Wildman–Crippen MR) is 60.1 cm³/mol. The molecule has 1 unspecified atom stereocenters. The first-order chi connectivity index (χ1) is 7.70. The summed E-state index contributed by atoms with van der Waals surface area (Å²) in [5, 5.41) is 14.1. The molecule has 1 aromatic heterocycles. The lowest BCUT2D eigenvalue weighted by atomic mass is 10.2. The first-order valence-corrected chi connectivity index (χ1v) is 5.06. The number of benzene rings is 1. The molecule has 1 atom stereocenters. The summed E-state index contributed by atoms with van der Waals surface area (Å²) < 4.78 is 1.64. The summed E-state index contributed by atoms with van der Waals surface area (Å²) >= 11 is 0. The van der Waals surface area contributed by atoms with Crippen molar-refractivity contribution in [2.24, 2.45) is 5.73 Å². The van der Waals surface area contributed by atoms with Gasteiger partial charge in [-0.05, 0) is 6.07 Å². The van der Waals surface area contributed by atoms with Crippen LogP contribution in [0.2, 0.25) is 0 Å². The van der Waals surface area contributed by atoms with Crippen molar-refractivity contribution in [1.82, 2.24) is 9.78 Å². The lowest BCUT2D eigenvalue weighted by Gasteiger charge is -2.12. The summed E-state index contributed by atoms with van der Waals surface area (Å²) in [6.07, 6.45) is 1.82. The second kappa shape index (κ2) is 4.32. The summed E-state index contributed by atoms with van der Waals surface area (Å²) in [6, 6.07) is 7.36. The Labute approximate surface area is 92.5 Å². The Kier molecular flexibility index (Phi) is 2.87. The van der Waals surface area contributed by atoms with Crippen LogP contribution in [-0.4, -0.2) is 27.4 Å². The topological polar surface area (TPSA) is 81.1 Å². The van der Waals surface area contributed by atoms with Crippen LogP contribution in [0.5, 0.6) is 0 Å². The van der Waals surface area contributed by atoms with Gasteiger partial charge < -0.3 is 10.8 Å². The largest absolute Gasteiger partial charge is 0.481 e. The molecule has 0 aliphatic heterocycles. The number of nitrogens with two attached hydrogens (primary N) is 1. The minimum Gasteiger partial charge on any atom is -0.481 e. The van der Waals surface area contributed by atoms with Gasteiger partial charge in [0.1, 0.15) is 0 Å². The van der Waals surface area contributed by atoms with Crippen molar-refractivity contribution in [3.05, 3.63) is 30.5 Å². The standard InChI is InChI=1S/C11H13N3O2/c12-6-9(5-11(15)16)14-7-8-3-1-2-4-10(8)13-14/h1-4,7,9H,5-6,12H2,(H,15,16). The number of nitrogens with zero attached hydrogens (tertiary/aromatic N) is 2. The lowest BCUT2D eigenvalue weighted by molar-refractivity contribution is -0.137. The van der Waals surface area contributed by atoms with Crippen molar-refractivity contribution in [2.75, 3.05) is 6.54 Å². The third-order valence-electron chi connectivity index (χ3n) is 2.49. The van der Waals surface area contributed by atoms with Crippen molar-refractivity contribution in [3.8, 4) is 0 Å². The van der Waals surface area contributed by atoms with E-state index in [1.54, 1.807) is 4.68 Å². The van der Waals surface area contributed by atoms with Crippen molar-refractivity contribution < 1.29 is 9.90 Å². The molecular weight excluding hydrogens is 206 g/mol. The van der Waals surface area contributed by atoms with Gasteiger partial charge in [-0.3, -0.25) is 9.48 Å². The van der Waals surface area contributed by atoms with Gasteiger partial charge in [-0.1, -0.05) is 18.2 Å². The Balaban J connectivity index is 2.34. The van der Waals surface area contributed by atoms with E-state index >= 15 is 0 Å². The van der Waals surface area contributed by atoms with Crippen LogP contribution in [0.1, 0.15) is 12.5 Å². The SMILES string of the molecule is NCC(CC(=O)O)n1cc2ccccc2n1. The highest BCUT2D eigenvalue weighted by molar-refractivity contribution is 5.77. The molecule has 2 aromatic rings. The maximum Gasteiger partial charge on any atom is 0.305 e. The molecule has 5 nitrogen and oxygen atoms in total. The number of carbonyl (C=O) groups is 1. The third kappa shape index (κ3) is 2.04. The van der Waals surface area contributed by atoms with Crippen LogP contribution in [-0.2, 0) is 4.79 Å². The van der Waals surface area contributed by atoms with E-state index in [1.807, 2.05) is 30.5 Å². The van der Waals surface area contributed by atoms with Crippen LogP contribution in [0, 0.1) is 0 Å². The van der Waals surface area contributed by atoms with E-state index in [0.717, 1.165) is 10.9 Å². The number of carboxylic acids is 1. The summed E-state index contributed by atoms with van der Waals surface area (Å²) in [5.74, 6) is -0.866. The number of aliphatic carboxylic acids is 1. The average Bonchev–Trinajstić information content (AvgIpc) is 2.68. The summed E-state index contributed by atoms with van der Waals surface area (Å²) in [7, 11) is 0. The summed E-state index contributed by atoms with van der Waals surface area (Å²) in [5.41, 5.74) is 6.40. The van der Waals surface area contributed by atoms with Gasteiger partial charge in [-0.2, -0.15) is 5.10 Å². The molecule has 1 aromatic carbocycles. The maximum absolute atomic E-state index is 10.7. The van der Waals surface area contributed by atoms with E-state index in [-0.39, 0.29) is 19.0 Å². The fraction of sp³-hybridized carbons (Fsp3) is 0.273. The van der Waals surface area contributed by atoms with Crippen LogP contribution in [0.15, 0.2) is 30.5 Å². The minimum atomic E-state index is -0.866. The number of fused-ring (bicyclic) bond motifs is 1. The molecule has 16 heavy (non-hydrogen) atoms. The van der Waals surface area contributed by atoms with Crippen LogP contribution >= 0.6 is 0 Å². The number of hydrogen-bond acceptors (Lipinski definition) is 3. The normalized spacial score (nSPS) is 12.8. The fourth-order valence-electron chi connectivity index (χ4n) is 1.66. The molecule has 0 spiro atoms. The summed E-state index contributed by atoms with van der Waals surface area (Å²) in [6.45, 7) is 0.264.